The van der Waals surface area contributed by atoms with Crippen molar-refractivity contribution in [2.24, 2.45) is 36.4 Å². The summed E-state index contributed by atoms with van der Waals surface area (Å²) in [5, 5.41) is 23.8. The Bertz CT molecular complexity index is 2940. The van der Waals surface area contributed by atoms with Crippen LogP contribution in [0.5, 0.6) is 0 Å². The standard InChI is InChI=1S/C34H26N10O11S3/c35-24-16-27(45)26(17-25(24)41-37-22-10-12-23(13-11-22)56(47,48)49)42-38-20-6-8-21(9-7-20)40-43-32-28(57(50,51)52)14-18-15-29(58(53,54)55)33(34(46)30(18)31(32)36)44-39-19-4-2-1-3-5-19/h1-17,37,39H,35-36H2,(H,47,48,49)(H,50,51,52)(H,53,54,55)/b41-25+,42-38?,43-40?,44-33+. The van der Waals surface area contributed by atoms with Crippen molar-refractivity contribution in [1.82, 2.24) is 0 Å². The molecule has 0 unspecified atom stereocenters. The van der Waals surface area contributed by atoms with Crippen LogP contribution in [0.1, 0.15) is 15.9 Å². The van der Waals surface area contributed by atoms with E-state index in [4.69, 9.17) is 16.0 Å². The molecule has 2 aliphatic rings. The topological polar surface area (TPSA) is 348 Å². The third-order valence-corrected chi connectivity index (χ3v) is 10.5. The minimum Gasteiger partial charge on any atom is -0.397 e. The molecule has 0 fully saturated rings. The van der Waals surface area contributed by atoms with Crippen LogP contribution in [0.4, 0.5) is 34.1 Å². The van der Waals surface area contributed by atoms with E-state index in [-0.39, 0.29) is 38.9 Å². The molecule has 9 N–H and O–H groups in total. The first-order valence-corrected chi connectivity index (χ1v) is 20.3. The van der Waals surface area contributed by atoms with Gasteiger partial charge in [0.15, 0.2) is 5.71 Å². The van der Waals surface area contributed by atoms with Crippen molar-refractivity contribution in [1.29, 1.82) is 0 Å². The molecule has 0 radical (unpaired) electrons. The van der Waals surface area contributed by atoms with Crippen LogP contribution >= 0.6 is 0 Å². The second-order valence-electron chi connectivity index (χ2n) is 11.8. The minimum atomic E-state index is -5.13. The number of Topliss-reactive ketones (excluding diaryl/α,β-unsaturated/α-hetero) is 1. The summed E-state index contributed by atoms with van der Waals surface area (Å²) in [4.78, 5) is 24.0. The monoisotopic (exact) mass is 846 g/mol. The SMILES string of the molecule is NC1=CC(=O)C(N=Nc2ccc(N=Nc3c(S(=O)(=O)O)cc4c(c3N)C(=O)/C(=N/Nc3ccccc3)C(S(=O)(=O)O)=C4)cc2)=C/C1=N\Nc1ccc(S(=O)(=O)O)cc1. The molecule has 0 saturated carbocycles. The maximum absolute atomic E-state index is 13.7. The molecule has 0 spiro atoms. The number of nitrogens with zero attached hydrogens (tertiary/aromatic N) is 6. The van der Waals surface area contributed by atoms with Gasteiger partial charge in [-0.05, 0) is 84.4 Å². The smallest absolute Gasteiger partial charge is 0.296 e. The van der Waals surface area contributed by atoms with E-state index in [1.54, 1.807) is 30.3 Å². The van der Waals surface area contributed by atoms with E-state index in [1.165, 1.54) is 42.5 Å². The number of rotatable bonds is 11. The molecule has 296 valence electrons. The molecule has 0 amide bonds. The first-order valence-electron chi connectivity index (χ1n) is 15.9. The van der Waals surface area contributed by atoms with Crippen LogP contribution in [0.2, 0.25) is 0 Å². The third kappa shape index (κ3) is 9.13. The molecule has 0 atom stereocenters. The fraction of sp³-hybridized carbons (Fsp3) is 0. The lowest BCUT2D eigenvalue weighted by molar-refractivity contribution is -0.111. The van der Waals surface area contributed by atoms with Crippen molar-refractivity contribution in [3.63, 3.8) is 0 Å². The lowest BCUT2D eigenvalue weighted by atomic mass is 9.92. The molecule has 24 heteroatoms. The van der Waals surface area contributed by atoms with Gasteiger partial charge in [-0.15, -0.1) is 10.2 Å². The van der Waals surface area contributed by atoms with Crippen molar-refractivity contribution >= 4 is 93.5 Å². The van der Waals surface area contributed by atoms with Gasteiger partial charge in [-0.3, -0.25) is 34.1 Å². The number of ketones is 2. The van der Waals surface area contributed by atoms with Crippen molar-refractivity contribution in [3.05, 3.63) is 125 Å². The van der Waals surface area contributed by atoms with Gasteiger partial charge >= 0.3 is 0 Å². The van der Waals surface area contributed by atoms with Gasteiger partial charge in [-0.1, -0.05) is 18.2 Å². The number of nitrogens with one attached hydrogen (secondary N) is 2. The molecule has 0 bridgehead atoms. The third-order valence-electron chi connectivity index (χ3n) is 7.88. The number of carbonyl (C=O) groups is 2. The molecule has 0 aliphatic heterocycles. The highest BCUT2D eigenvalue weighted by molar-refractivity contribution is 7.91. The van der Waals surface area contributed by atoms with E-state index in [0.717, 1.165) is 30.4 Å². The summed E-state index contributed by atoms with van der Waals surface area (Å²) in [6, 6.07) is 19.3. The van der Waals surface area contributed by atoms with Crippen LogP contribution in [0.25, 0.3) is 6.08 Å². The minimum absolute atomic E-state index is 0.00485. The van der Waals surface area contributed by atoms with E-state index in [2.05, 4.69) is 41.5 Å². The Hall–Kier alpha value is -7.09. The number of hydrogen-bond acceptors (Lipinski definition) is 18. The molecular weight excluding hydrogens is 821 g/mol. The summed E-state index contributed by atoms with van der Waals surface area (Å²) in [6.45, 7) is 0. The van der Waals surface area contributed by atoms with E-state index in [9.17, 15) is 43.9 Å². The quantitative estimate of drug-likeness (QED) is 0.0346. The molecule has 4 aromatic rings. The Kier molecular flexibility index (Phi) is 11.1. The number of hydrazone groups is 2. The molecule has 0 heterocycles. The Morgan fingerprint density at radius 3 is 1.78 bits per heavy atom. The Balaban J connectivity index is 1.25. The van der Waals surface area contributed by atoms with Gasteiger partial charge < -0.3 is 11.5 Å². The molecular formula is C34H26N10O11S3. The van der Waals surface area contributed by atoms with Gasteiger partial charge in [0, 0.05) is 6.08 Å². The molecule has 6 rings (SSSR count). The molecule has 2 aliphatic carbocycles. The van der Waals surface area contributed by atoms with Crippen molar-refractivity contribution < 1.29 is 48.5 Å². The number of benzene rings is 4. The van der Waals surface area contributed by atoms with Crippen LogP contribution in [0.3, 0.4) is 0 Å². The second-order valence-corrected chi connectivity index (χ2v) is 16.0. The van der Waals surface area contributed by atoms with Crippen LogP contribution in [-0.4, -0.2) is 61.9 Å². The Morgan fingerprint density at radius 2 is 1.19 bits per heavy atom. The fourth-order valence-electron chi connectivity index (χ4n) is 5.11. The van der Waals surface area contributed by atoms with Gasteiger partial charge in [-0.2, -0.15) is 45.7 Å². The number of nitrogens with two attached hydrogens (primary N) is 2. The first-order chi connectivity index (χ1) is 27.3. The highest BCUT2D eigenvalue weighted by Gasteiger charge is 2.37. The van der Waals surface area contributed by atoms with E-state index in [1.807, 2.05) is 0 Å². The van der Waals surface area contributed by atoms with Gasteiger partial charge in [0.25, 0.3) is 30.4 Å². The summed E-state index contributed by atoms with van der Waals surface area (Å²) in [6.07, 6.45) is 3.08. The summed E-state index contributed by atoms with van der Waals surface area (Å²) in [7, 11) is -14.6. The maximum Gasteiger partial charge on any atom is 0.296 e. The number of para-hydroxylation sites is 1. The van der Waals surface area contributed by atoms with Crippen molar-refractivity contribution in [2.45, 2.75) is 9.79 Å². The second kappa shape index (κ2) is 15.8. The van der Waals surface area contributed by atoms with Crippen LogP contribution in [-0.2, 0) is 35.1 Å². The van der Waals surface area contributed by atoms with Gasteiger partial charge in [0.2, 0.25) is 11.6 Å². The largest absolute Gasteiger partial charge is 0.397 e. The number of allylic oxidation sites excluding steroid dienone is 3. The van der Waals surface area contributed by atoms with Crippen LogP contribution in [0.15, 0.2) is 154 Å². The van der Waals surface area contributed by atoms with E-state index < -0.39 is 74.4 Å². The number of hydrogen-bond donors (Lipinski definition) is 7. The number of carbonyl (C=O) groups excluding carboxylic acids is 2. The molecule has 58 heavy (non-hydrogen) atoms. The van der Waals surface area contributed by atoms with E-state index >= 15 is 0 Å². The highest BCUT2D eigenvalue weighted by Crippen LogP contribution is 2.41. The zero-order valence-electron chi connectivity index (χ0n) is 29.0. The zero-order valence-corrected chi connectivity index (χ0v) is 31.4. The zero-order chi connectivity index (χ0) is 42.0. The number of nitrogen functional groups attached to an aromatic ring is 1. The normalized spacial score (nSPS) is 16.4. The predicted octanol–water partition coefficient (Wildman–Crippen LogP) is 4.93. The summed E-state index contributed by atoms with van der Waals surface area (Å²) < 4.78 is 101. The predicted molar refractivity (Wildman–Crippen MR) is 210 cm³/mol. The lowest BCUT2D eigenvalue weighted by Crippen LogP contribution is -2.28. The Labute approximate surface area is 328 Å². The highest BCUT2D eigenvalue weighted by atomic mass is 32.2. The number of anilines is 3. The van der Waals surface area contributed by atoms with Gasteiger partial charge in [0.05, 0.1) is 44.6 Å². The van der Waals surface area contributed by atoms with Crippen molar-refractivity contribution in [2.75, 3.05) is 16.6 Å². The molecule has 0 aromatic heterocycles. The fourth-order valence-corrected chi connectivity index (χ4v) is 6.92. The van der Waals surface area contributed by atoms with E-state index in [0.29, 0.717) is 11.4 Å². The van der Waals surface area contributed by atoms with Crippen molar-refractivity contribution in [3.8, 4) is 0 Å². The lowest BCUT2D eigenvalue weighted by Gasteiger charge is -2.20. The average Bonchev–Trinajstić information content (AvgIpc) is 3.16. The number of azo groups is 2. The summed E-state index contributed by atoms with van der Waals surface area (Å²) >= 11 is 0. The summed E-state index contributed by atoms with van der Waals surface area (Å²) in [5.74, 6) is -1.72. The first kappa shape index (κ1) is 40.6. The van der Waals surface area contributed by atoms with Crippen LogP contribution < -0.4 is 22.3 Å². The molecule has 4 aromatic carbocycles. The van der Waals surface area contributed by atoms with Gasteiger partial charge in [-0.25, -0.2) is 0 Å². The van der Waals surface area contributed by atoms with Gasteiger partial charge in [0.1, 0.15) is 26.9 Å². The molecule has 21 nitrogen and oxygen atoms in total. The average molecular weight is 847 g/mol. The Morgan fingerprint density at radius 1 is 0.603 bits per heavy atom. The number of fused-ring (bicyclic) bond motifs is 1. The molecule has 0 saturated heterocycles. The van der Waals surface area contributed by atoms with Crippen LogP contribution in [0, 0.1) is 0 Å². The summed E-state index contributed by atoms with van der Waals surface area (Å²) in [5.41, 5.74) is 15.3. The maximum atomic E-state index is 13.7.